The van der Waals surface area contributed by atoms with E-state index in [1.807, 2.05) is 0 Å². The molecule has 0 heterocycles. The molecule has 0 bridgehead atoms. The summed E-state index contributed by atoms with van der Waals surface area (Å²) in [4.78, 5) is 14.0. The number of phenols is 2. The topological polar surface area (TPSA) is 86.8 Å². The highest BCUT2D eigenvalue weighted by Crippen LogP contribution is 2.23. The van der Waals surface area contributed by atoms with Crippen molar-refractivity contribution in [3.63, 3.8) is 0 Å². The van der Waals surface area contributed by atoms with Crippen molar-refractivity contribution in [2.24, 2.45) is 5.73 Å². The first-order valence-corrected chi connectivity index (χ1v) is 6.50. The number of nitrogens with two attached hydrogens (primary N) is 1. The van der Waals surface area contributed by atoms with Crippen LogP contribution in [0.25, 0.3) is 0 Å². The molecule has 5 nitrogen and oxygen atoms in total. The second kappa shape index (κ2) is 5.80. The lowest BCUT2D eigenvalue weighted by Crippen LogP contribution is -2.26. The monoisotopic (exact) mass is 302 g/mol. The van der Waals surface area contributed by atoms with Gasteiger partial charge in [-0.15, -0.1) is 0 Å². The molecule has 0 aliphatic carbocycles. The molecule has 6 heteroatoms. The summed E-state index contributed by atoms with van der Waals surface area (Å²) in [6.07, 6.45) is 0. The molecular formula is C15H14N2O3S. The number of benzene rings is 2. The van der Waals surface area contributed by atoms with Gasteiger partial charge in [0.05, 0.1) is 0 Å². The van der Waals surface area contributed by atoms with Crippen LogP contribution < -0.4 is 10.6 Å². The molecule has 1 amide bonds. The minimum Gasteiger partial charge on any atom is -0.508 e. The number of carbonyl (C=O) groups excluding carboxylic acids is 1. The average molecular weight is 302 g/mol. The number of phenolic OH excluding ortho intramolecular Hbond substituents is 2. The van der Waals surface area contributed by atoms with Gasteiger partial charge in [0.2, 0.25) is 0 Å². The van der Waals surface area contributed by atoms with E-state index in [1.165, 1.54) is 17.0 Å². The highest BCUT2D eigenvalue weighted by molar-refractivity contribution is 7.80. The molecule has 0 saturated carbocycles. The Kier molecular flexibility index (Phi) is 4.09. The van der Waals surface area contributed by atoms with E-state index in [1.54, 1.807) is 31.3 Å². The predicted molar refractivity (Wildman–Crippen MR) is 84.8 cm³/mol. The minimum atomic E-state index is -0.374. The fourth-order valence-corrected chi connectivity index (χ4v) is 2.02. The van der Waals surface area contributed by atoms with E-state index in [0.717, 1.165) is 6.07 Å². The maximum absolute atomic E-state index is 12.4. The van der Waals surface area contributed by atoms with Crippen LogP contribution in [0.15, 0.2) is 42.5 Å². The summed E-state index contributed by atoms with van der Waals surface area (Å²) >= 11 is 4.91. The highest BCUT2D eigenvalue weighted by Gasteiger charge is 2.15. The largest absolute Gasteiger partial charge is 0.508 e. The van der Waals surface area contributed by atoms with Crippen molar-refractivity contribution in [1.29, 1.82) is 0 Å². The number of rotatable bonds is 3. The first-order chi connectivity index (χ1) is 9.88. The van der Waals surface area contributed by atoms with Gasteiger partial charge in [-0.2, -0.15) is 0 Å². The molecule has 0 aliphatic heterocycles. The van der Waals surface area contributed by atoms with Crippen LogP contribution in [-0.2, 0) is 0 Å². The van der Waals surface area contributed by atoms with Crippen LogP contribution >= 0.6 is 12.2 Å². The third-order valence-corrected chi connectivity index (χ3v) is 3.21. The minimum absolute atomic E-state index is 0.177. The third-order valence-electron chi connectivity index (χ3n) is 2.97. The van der Waals surface area contributed by atoms with Gasteiger partial charge in [-0.25, -0.2) is 0 Å². The molecule has 2 aromatic carbocycles. The number of aromatic hydroxyl groups is 2. The van der Waals surface area contributed by atoms with E-state index in [9.17, 15) is 15.0 Å². The Bertz CT molecular complexity index is 696. The van der Waals surface area contributed by atoms with Gasteiger partial charge in [-0.3, -0.25) is 4.79 Å². The molecule has 108 valence electrons. The van der Waals surface area contributed by atoms with E-state index in [4.69, 9.17) is 18.0 Å². The van der Waals surface area contributed by atoms with Crippen molar-refractivity contribution in [2.45, 2.75) is 0 Å². The molecule has 0 radical (unpaired) electrons. The van der Waals surface area contributed by atoms with Gasteiger partial charge < -0.3 is 20.8 Å². The van der Waals surface area contributed by atoms with E-state index in [2.05, 4.69) is 0 Å². The summed E-state index contributed by atoms with van der Waals surface area (Å²) < 4.78 is 0. The zero-order valence-electron chi connectivity index (χ0n) is 11.3. The average Bonchev–Trinajstić information content (AvgIpc) is 2.44. The van der Waals surface area contributed by atoms with Crippen molar-refractivity contribution < 1.29 is 15.0 Å². The molecule has 0 aliphatic rings. The summed E-state index contributed by atoms with van der Waals surface area (Å²) in [6, 6.07) is 10.7. The van der Waals surface area contributed by atoms with Gasteiger partial charge in [0.15, 0.2) is 0 Å². The number of anilines is 1. The molecule has 0 fully saturated rings. The Labute approximate surface area is 127 Å². The summed E-state index contributed by atoms with van der Waals surface area (Å²) in [5.74, 6) is -0.728. The quantitative estimate of drug-likeness (QED) is 0.755. The van der Waals surface area contributed by atoms with Crippen molar-refractivity contribution >= 4 is 28.8 Å². The van der Waals surface area contributed by atoms with Gasteiger partial charge in [0.1, 0.15) is 16.5 Å². The van der Waals surface area contributed by atoms with Crippen LogP contribution in [0.2, 0.25) is 0 Å². The second-order valence-electron chi connectivity index (χ2n) is 4.52. The van der Waals surface area contributed by atoms with Crippen molar-refractivity contribution in [1.82, 2.24) is 0 Å². The molecule has 0 atom stereocenters. The molecular weight excluding hydrogens is 288 g/mol. The highest BCUT2D eigenvalue weighted by atomic mass is 32.1. The van der Waals surface area contributed by atoms with Gasteiger partial charge >= 0.3 is 0 Å². The lowest BCUT2D eigenvalue weighted by atomic mass is 10.1. The normalized spacial score (nSPS) is 10.1. The lowest BCUT2D eigenvalue weighted by molar-refractivity contribution is 0.0992. The zero-order chi connectivity index (χ0) is 15.6. The van der Waals surface area contributed by atoms with Gasteiger partial charge in [-0.1, -0.05) is 24.4 Å². The fourth-order valence-electron chi connectivity index (χ4n) is 1.90. The first kappa shape index (κ1) is 14.8. The van der Waals surface area contributed by atoms with Crippen LogP contribution in [0.5, 0.6) is 11.5 Å². The number of carbonyl (C=O) groups is 1. The summed E-state index contributed by atoms with van der Waals surface area (Å²) in [5.41, 5.74) is 7.01. The lowest BCUT2D eigenvalue weighted by Gasteiger charge is -2.18. The van der Waals surface area contributed by atoms with Gasteiger partial charge in [0.25, 0.3) is 5.91 Å². The molecule has 2 rings (SSSR count). The maximum Gasteiger partial charge on any atom is 0.258 e. The van der Waals surface area contributed by atoms with Gasteiger partial charge in [-0.05, 0) is 24.3 Å². The first-order valence-electron chi connectivity index (χ1n) is 6.09. The van der Waals surface area contributed by atoms with Crippen LogP contribution in [0.3, 0.4) is 0 Å². The van der Waals surface area contributed by atoms with Crippen molar-refractivity contribution in [3.05, 3.63) is 53.6 Å². The summed E-state index contributed by atoms with van der Waals surface area (Å²) in [7, 11) is 1.59. The molecule has 0 unspecified atom stereocenters. The zero-order valence-corrected chi connectivity index (χ0v) is 12.1. The number of hydrogen-bond donors (Lipinski definition) is 3. The summed E-state index contributed by atoms with van der Waals surface area (Å²) in [6.45, 7) is 0. The molecule has 0 saturated heterocycles. The maximum atomic E-state index is 12.4. The number of hydrogen-bond acceptors (Lipinski definition) is 4. The summed E-state index contributed by atoms with van der Waals surface area (Å²) in [5, 5.41) is 18.9. The standard InChI is InChI=1S/C15H14N2O3S/c1-17(11-4-2-3-9(5-11)14(16)21)15(20)10-6-12(18)8-13(19)7-10/h2-8,18-19H,1H3,(H2,16,21). The van der Waals surface area contributed by atoms with Gasteiger partial charge in [0, 0.05) is 29.9 Å². The number of amides is 1. The number of nitrogens with zero attached hydrogens (tertiary/aromatic N) is 1. The Morgan fingerprint density at radius 1 is 1.10 bits per heavy atom. The Morgan fingerprint density at radius 3 is 2.29 bits per heavy atom. The van der Waals surface area contributed by atoms with E-state index in [0.29, 0.717) is 11.3 Å². The van der Waals surface area contributed by atoms with E-state index >= 15 is 0 Å². The van der Waals surface area contributed by atoms with Crippen LogP contribution in [0.4, 0.5) is 5.69 Å². The Hall–Kier alpha value is -2.60. The fraction of sp³-hybridized carbons (Fsp3) is 0.0667. The SMILES string of the molecule is CN(C(=O)c1cc(O)cc(O)c1)c1cccc(C(N)=S)c1. The Balaban J connectivity index is 2.34. The van der Waals surface area contributed by atoms with Crippen molar-refractivity contribution in [3.8, 4) is 11.5 Å². The van der Waals surface area contributed by atoms with Crippen LogP contribution in [0, 0.1) is 0 Å². The Morgan fingerprint density at radius 2 is 1.71 bits per heavy atom. The number of thiocarbonyl (C=S) groups is 1. The smallest absolute Gasteiger partial charge is 0.258 e. The molecule has 2 aromatic rings. The van der Waals surface area contributed by atoms with E-state index < -0.39 is 0 Å². The van der Waals surface area contributed by atoms with Crippen LogP contribution in [0.1, 0.15) is 15.9 Å². The molecule has 4 N–H and O–H groups in total. The van der Waals surface area contributed by atoms with Crippen LogP contribution in [-0.4, -0.2) is 28.2 Å². The third kappa shape index (κ3) is 3.29. The molecule has 0 aromatic heterocycles. The van der Waals surface area contributed by atoms with Crippen molar-refractivity contribution in [2.75, 3.05) is 11.9 Å². The van der Waals surface area contributed by atoms with E-state index in [-0.39, 0.29) is 28.0 Å². The molecule has 21 heavy (non-hydrogen) atoms. The molecule has 0 spiro atoms. The predicted octanol–water partition coefficient (Wildman–Crippen LogP) is 2.01. The second-order valence-corrected chi connectivity index (χ2v) is 4.96.